The van der Waals surface area contributed by atoms with Gasteiger partial charge in [-0.05, 0) is 270 Å². The number of anilines is 5. The molecule has 3 saturated carbocycles. The lowest BCUT2D eigenvalue weighted by Crippen LogP contribution is -2.42. The van der Waals surface area contributed by atoms with Gasteiger partial charge in [-0.1, -0.05) is 44.5 Å². The Morgan fingerprint density at radius 1 is 0.456 bits per heavy atom. The summed E-state index contributed by atoms with van der Waals surface area (Å²) in [6.07, 6.45) is 11.9. The van der Waals surface area contributed by atoms with Crippen molar-refractivity contribution in [2.75, 3.05) is 54.2 Å². The predicted octanol–water partition coefficient (Wildman–Crippen LogP) is 20.8. The Bertz CT molecular complexity index is 3820. The number of carbonyl (C=O) groups is 8. The quantitative estimate of drug-likeness (QED) is 0.0473. The Hall–Kier alpha value is -5.58. The molecule has 568 valence electrons. The number of esters is 4. The number of hydrogen-bond donors (Lipinski definition) is 3. The number of nitrogens with two attached hydrogens (primary N) is 1. The molecule has 0 aliphatic heterocycles. The smallest absolute Gasteiger partial charge is 0.350 e. The number of carboxylic acid groups (broad SMARTS) is 1. The van der Waals surface area contributed by atoms with E-state index >= 15 is 0 Å². The van der Waals surface area contributed by atoms with Gasteiger partial charge in [-0.2, -0.15) is 0 Å². The number of nitrogen functional groups attached to an aromatic ring is 1. The lowest BCUT2D eigenvalue weighted by Gasteiger charge is -2.33. The first-order valence-corrected chi connectivity index (χ1v) is 41.3. The molecule has 5 aromatic heterocycles. The van der Waals surface area contributed by atoms with E-state index in [1.165, 1.54) is 73.8 Å². The maximum absolute atomic E-state index is 13.4. The fourth-order valence-corrected chi connectivity index (χ4v) is 17.8. The number of carbonyl (C=O) groups excluding carboxylic acids is 7. The number of halogens is 3. The first-order valence-electron chi connectivity index (χ1n) is 34.9. The number of aromatic carboxylic acids is 1. The maximum Gasteiger partial charge on any atom is 0.350 e. The fourth-order valence-electron chi connectivity index (χ4n) is 11.6. The second-order valence-electron chi connectivity index (χ2n) is 29.4. The van der Waals surface area contributed by atoms with Crippen LogP contribution in [0.4, 0.5) is 28.4 Å². The molecule has 0 bridgehead atoms. The van der Waals surface area contributed by atoms with Crippen LogP contribution in [0.2, 0.25) is 0 Å². The lowest BCUT2D eigenvalue weighted by molar-refractivity contribution is -0.124. The predicted molar refractivity (Wildman–Crippen MR) is 434 cm³/mol. The zero-order valence-corrected chi connectivity index (χ0v) is 72.4. The summed E-state index contributed by atoms with van der Waals surface area (Å²) in [7, 11) is 5.45. The molecule has 0 unspecified atom stereocenters. The molecule has 0 aromatic carbocycles. The minimum absolute atomic E-state index is 0.00763. The van der Waals surface area contributed by atoms with E-state index in [-0.39, 0.29) is 75.3 Å². The number of nitrogens with one attached hydrogen (secondary N) is 1. The minimum Gasteiger partial charge on any atom is -0.477 e. The molecular formula is C77H106Br3N5O13S5. The second kappa shape index (κ2) is 41.5. The first-order chi connectivity index (χ1) is 48.1. The van der Waals surface area contributed by atoms with E-state index in [4.69, 9.17) is 15.2 Å². The Balaban J connectivity index is 0.000000282. The Morgan fingerprint density at radius 3 is 1.07 bits per heavy atom. The molecule has 0 spiro atoms. The topological polar surface area (TPSA) is 241 Å². The molecular weight excluding hydrogens is 1600 g/mol. The normalized spacial score (nSPS) is 17.8. The second-order valence-corrected chi connectivity index (χ2v) is 38.8. The van der Waals surface area contributed by atoms with E-state index in [9.17, 15) is 43.5 Å². The number of ether oxygens (including phenoxy) is 4. The van der Waals surface area contributed by atoms with Gasteiger partial charge in [0, 0.05) is 52.8 Å². The summed E-state index contributed by atoms with van der Waals surface area (Å²) in [6, 6.07) is 9.19. The Labute approximate surface area is 656 Å². The molecule has 0 radical (unpaired) electrons. The number of thiophene rings is 5. The summed E-state index contributed by atoms with van der Waals surface area (Å²) < 4.78 is 21.6. The SMILES string of the molecule is CC1CCC(C(=O)N(c2cc(C#CC(C)(C)C)sc2C(=O)O)C(C)C)CC1.COC(=O)c1sc(Br)cc1N.COC(=O)c1sc(Br)cc1N(C(=O)C1CCC(C)CC1)C(C)C.COC(=O)c1sc(Br)cc1NC(C)C.COC(=O)c1sc(C#CC(C)(C)C)cc1N(C(=O)C1CCC(C)CC1)C(C)C. The molecule has 26 heteroatoms. The van der Waals surface area contributed by atoms with Crippen molar-refractivity contribution >= 4 is 180 Å². The van der Waals surface area contributed by atoms with Gasteiger partial charge in [-0.3, -0.25) is 14.4 Å². The van der Waals surface area contributed by atoms with E-state index in [1.807, 2.05) is 115 Å². The molecule has 0 saturated heterocycles. The van der Waals surface area contributed by atoms with Crippen molar-refractivity contribution < 1.29 is 62.4 Å². The lowest BCUT2D eigenvalue weighted by atomic mass is 9.82. The summed E-state index contributed by atoms with van der Waals surface area (Å²) >= 11 is 16.4. The van der Waals surface area contributed by atoms with E-state index in [0.29, 0.717) is 70.9 Å². The number of rotatable bonds is 16. The highest BCUT2D eigenvalue weighted by Crippen LogP contribution is 2.42. The van der Waals surface area contributed by atoms with Crippen molar-refractivity contribution in [3.8, 4) is 23.7 Å². The molecule has 5 heterocycles. The van der Waals surface area contributed by atoms with Crippen LogP contribution in [0.3, 0.4) is 0 Å². The van der Waals surface area contributed by atoms with Crippen molar-refractivity contribution in [1.82, 2.24) is 0 Å². The number of amides is 3. The highest BCUT2D eigenvalue weighted by Gasteiger charge is 2.37. The van der Waals surface area contributed by atoms with Gasteiger partial charge in [0.15, 0.2) is 0 Å². The van der Waals surface area contributed by atoms with Crippen LogP contribution in [-0.4, -0.2) is 105 Å². The average Bonchev–Trinajstić information content (AvgIpc) is 1.71. The van der Waals surface area contributed by atoms with Crippen LogP contribution in [-0.2, 0) is 33.3 Å². The maximum atomic E-state index is 13.4. The standard InChI is InChI=1S/C23H33NO3S.C22H31NO3S.C17H24BrNO3S.C9H12BrNO2S.C6H6BrNO2S/c1-15(2)24(21(25)17-10-8-16(3)9-11-17)19-14-18(12-13-23(4,5)6)28-20(19)22(26)27-7;1-14(2)23(20(24)16-9-7-15(3)8-10-16)18-13-17(11-12-22(4,5)6)27-19(18)21(25)26;1-10(2)19(16(20)12-7-5-11(3)6-8-12)13-9-14(18)23-15(13)17(21)22-4;1-5(2)11-6-4-7(10)14-8(6)9(12)13-3;1-10-6(9)5-3(8)2-4(7)11-5/h14-17H,8-11H2,1-7H3;13-16H,7-10H2,1-6H3,(H,25,26);9-12H,5-8H2,1-4H3;4-5,11H,1-3H3;2H,8H2,1H3. The number of hydrogen-bond acceptors (Lipinski definition) is 19. The number of nitrogens with zero attached hydrogens (tertiary/aromatic N) is 3. The van der Waals surface area contributed by atoms with Crippen molar-refractivity contribution in [3.05, 3.63) is 75.8 Å². The fraction of sp³-hybridized carbons (Fsp3) is 0.584. The molecule has 0 atom stereocenters. The van der Waals surface area contributed by atoms with Crippen LogP contribution in [0.15, 0.2) is 41.7 Å². The first kappa shape index (κ1) is 89.8. The third-order valence-corrected chi connectivity index (χ3v) is 23.8. The van der Waals surface area contributed by atoms with Crippen LogP contribution in [0.5, 0.6) is 0 Å². The summed E-state index contributed by atoms with van der Waals surface area (Å²) in [5.74, 6) is 12.5. The monoisotopic (exact) mass is 1710 g/mol. The average molecular weight is 1710 g/mol. The molecule has 5 aromatic rings. The minimum atomic E-state index is -1.01. The van der Waals surface area contributed by atoms with Crippen molar-refractivity contribution in [2.45, 2.75) is 219 Å². The molecule has 3 aliphatic rings. The van der Waals surface area contributed by atoms with Gasteiger partial charge in [-0.15, -0.1) is 56.7 Å². The van der Waals surface area contributed by atoms with Gasteiger partial charge in [-0.25, -0.2) is 24.0 Å². The summed E-state index contributed by atoms with van der Waals surface area (Å²) in [5, 5.41) is 12.9. The zero-order chi connectivity index (χ0) is 77.7. The summed E-state index contributed by atoms with van der Waals surface area (Å²) in [5.41, 5.74) is 8.25. The van der Waals surface area contributed by atoms with Crippen LogP contribution < -0.4 is 25.8 Å². The molecule has 103 heavy (non-hydrogen) atoms. The summed E-state index contributed by atoms with van der Waals surface area (Å²) in [4.78, 5) is 107. The van der Waals surface area contributed by atoms with Gasteiger partial charge in [0.05, 0.1) is 78.0 Å². The highest BCUT2D eigenvalue weighted by molar-refractivity contribution is 9.11. The largest absolute Gasteiger partial charge is 0.477 e. The molecule has 3 amide bonds. The molecule has 8 rings (SSSR count). The Morgan fingerprint density at radius 2 is 0.748 bits per heavy atom. The molecule has 4 N–H and O–H groups in total. The van der Waals surface area contributed by atoms with Crippen molar-refractivity contribution in [2.24, 2.45) is 46.3 Å². The van der Waals surface area contributed by atoms with Gasteiger partial charge in [0.1, 0.15) is 24.4 Å². The van der Waals surface area contributed by atoms with Gasteiger partial charge < -0.3 is 49.8 Å². The zero-order valence-electron chi connectivity index (χ0n) is 63.6. The van der Waals surface area contributed by atoms with Crippen molar-refractivity contribution in [1.29, 1.82) is 0 Å². The summed E-state index contributed by atoms with van der Waals surface area (Å²) in [6.45, 7) is 34.7. The number of methoxy groups -OCH3 is 4. The van der Waals surface area contributed by atoms with Crippen LogP contribution in [0.25, 0.3) is 0 Å². The van der Waals surface area contributed by atoms with Gasteiger partial charge in [0.2, 0.25) is 17.7 Å². The highest BCUT2D eigenvalue weighted by atomic mass is 79.9. The van der Waals surface area contributed by atoms with Crippen LogP contribution in [0, 0.1) is 70.0 Å². The van der Waals surface area contributed by atoms with Crippen LogP contribution >= 0.6 is 104 Å². The van der Waals surface area contributed by atoms with Gasteiger partial charge in [0.25, 0.3) is 0 Å². The number of carboxylic acids is 1. The van der Waals surface area contributed by atoms with E-state index in [0.717, 1.165) is 110 Å². The van der Waals surface area contributed by atoms with Gasteiger partial charge >= 0.3 is 29.8 Å². The molecule has 18 nitrogen and oxygen atoms in total. The van der Waals surface area contributed by atoms with Crippen molar-refractivity contribution in [3.63, 3.8) is 0 Å². The molecule has 3 aliphatic carbocycles. The third-order valence-electron chi connectivity index (χ3n) is 16.9. The van der Waals surface area contributed by atoms with E-state index < -0.39 is 23.9 Å². The third kappa shape index (κ3) is 27.6. The molecule has 3 fully saturated rings. The van der Waals surface area contributed by atoms with E-state index in [1.54, 1.807) is 26.8 Å². The van der Waals surface area contributed by atoms with Crippen LogP contribution in [0.1, 0.15) is 253 Å². The Kier molecular flexibility index (Phi) is 36.2. The van der Waals surface area contributed by atoms with E-state index in [2.05, 4.69) is 107 Å².